The molecule has 144 valence electrons. The van der Waals surface area contributed by atoms with Crippen LogP contribution in [-0.2, 0) is 11.2 Å². The van der Waals surface area contributed by atoms with Crippen molar-refractivity contribution in [3.8, 4) is 0 Å². The molecule has 1 aromatic heterocycles. The summed E-state index contributed by atoms with van der Waals surface area (Å²) in [4.78, 5) is 21.9. The lowest BCUT2D eigenvalue weighted by molar-refractivity contribution is 0.0245. The average molecular weight is 360 g/mol. The summed E-state index contributed by atoms with van der Waals surface area (Å²) in [7, 11) is 0. The number of hydrogen-bond donors (Lipinski definition) is 0. The number of hydrogen-bond acceptors (Lipinski definition) is 4. The molecule has 0 N–H and O–H groups in total. The van der Waals surface area contributed by atoms with E-state index in [0.717, 1.165) is 31.7 Å². The first-order valence-corrected chi connectivity index (χ1v) is 10.1. The SMILES string of the molecule is CCC1CN(C(=O)OC(C)(C)C)CCc2ccc(N3CCCCC3)nc21. The highest BCUT2D eigenvalue weighted by Gasteiger charge is 2.29. The van der Waals surface area contributed by atoms with Gasteiger partial charge in [0.1, 0.15) is 11.4 Å². The van der Waals surface area contributed by atoms with Gasteiger partial charge in [-0.05, 0) is 64.5 Å². The maximum Gasteiger partial charge on any atom is 0.410 e. The number of carbonyl (C=O) groups excluding carboxylic acids is 1. The highest BCUT2D eigenvalue weighted by atomic mass is 16.6. The summed E-state index contributed by atoms with van der Waals surface area (Å²) in [6.07, 6.45) is 5.44. The van der Waals surface area contributed by atoms with Gasteiger partial charge < -0.3 is 14.5 Å². The van der Waals surface area contributed by atoms with Gasteiger partial charge in [0, 0.05) is 32.1 Å². The van der Waals surface area contributed by atoms with E-state index in [4.69, 9.17) is 9.72 Å². The number of nitrogens with zero attached hydrogens (tertiary/aromatic N) is 3. The third-order valence-electron chi connectivity index (χ3n) is 5.30. The Morgan fingerprint density at radius 1 is 1.19 bits per heavy atom. The molecule has 1 atom stereocenters. The standard InChI is InChI=1S/C21H33N3O2/c1-5-16-15-24(20(25)26-21(2,3)4)14-11-17-9-10-18(22-19(16)17)23-12-7-6-8-13-23/h9-10,16H,5-8,11-15H2,1-4H3. The van der Waals surface area contributed by atoms with Crippen molar-refractivity contribution in [3.63, 3.8) is 0 Å². The van der Waals surface area contributed by atoms with Gasteiger partial charge in [-0.15, -0.1) is 0 Å². The molecule has 0 radical (unpaired) electrons. The molecule has 0 saturated carbocycles. The van der Waals surface area contributed by atoms with Crippen LogP contribution in [0, 0.1) is 0 Å². The van der Waals surface area contributed by atoms with E-state index in [0.29, 0.717) is 13.1 Å². The van der Waals surface area contributed by atoms with Crippen LogP contribution in [-0.4, -0.2) is 47.8 Å². The van der Waals surface area contributed by atoms with Crippen molar-refractivity contribution in [3.05, 3.63) is 23.4 Å². The molecule has 3 heterocycles. The van der Waals surface area contributed by atoms with Gasteiger partial charge in [0.15, 0.2) is 0 Å². The molecule has 5 heteroatoms. The quantitative estimate of drug-likeness (QED) is 0.787. The minimum Gasteiger partial charge on any atom is -0.444 e. The summed E-state index contributed by atoms with van der Waals surface area (Å²) in [5.74, 6) is 1.37. The first-order chi connectivity index (χ1) is 12.4. The predicted molar refractivity (Wildman–Crippen MR) is 105 cm³/mol. The topological polar surface area (TPSA) is 45.7 Å². The molecule has 1 unspecified atom stereocenters. The van der Waals surface area contributed by atoms with Gasteiger partial charge in [-0.3, -0.25) is 0 Å². The van der Waals surface area contributed by atoms with Crippen LogP contribution in [0.1, 0.15) is 70.6 Å². The molecule has 1 aromatic rings. The van der Waals surface area contributed by atoms with E-state index in [2.05, 4.69) is 24.0 Å². The number of aromatic nitrogens is 1. The largest absolute Gasteiger partial charge is 0.444 e. The van der Waals surface area contributed by atoms with Crippen molar-refractivity contribution < 1.29 is 9.53 Å². The van der Waals surface area contributed by atoms with Crippen LogP contribution < -0.4 is 4.90 Å². The first kappa shape index (κ1) is 19.0. The smallest absolute Gasteiger partial charge is 0.410 e. The van der Waals surface area contributed by atoms with Gasteiger partial charge in [-0.1, -0.05) is 13.0 Å². The van der Waals surface area contributed by atoms with Crippen molar-refractivity contribution in [1.29, 1.82) is 0 Å². The van der Waals surface area contributed by atoms with E-state index in [1.165, 1.54) is 30.5 Å². The van der Waals surface area contributed by atoms with Crippen LogP contribution in [0.25, 0.3) is 0 Å². The van der Waals surface area contributed by atoms with Gasteiger partial charge in [0.25, 0.3) is 0 Å². The van der Waals surface area contributed by atoms with Gasteiger partial charge in [0.05, 0.1) is 5.69 Å². The van der Waals surface area contributed by atoms with Crippen molar-refractivity contribution >= 4 is 11.9 Å². The molecule has 2 aliphatic rings. The molecule has 1 amide bonds. The van der Waals surface area contributed by atoms with E-state index in [-0.39, 0.29) is 12.0 Å². The zero-order valence-electron chi connectivity index (χ0n) is 16.8. The van der Waals surface area contributed by atoms with Gasteiger partial charge >= 0.3 is 6.09 Å². The van der Waals surface area contributed by atoms with Gasteiger partial charge in [-0.2, -0.15) is 0 Å². The Labute approximate surface area is 157 Å². The van der Waals surface area contributed by atoms with Crippen LogP contribution in [0.2, 0.25) is 0 Å². The first-order valence-electron chi connectivity index (χ1n) is 10.1. The Morgan fingerprint density at radius 3 is 2.58 bits per heavy atom. The highest BCUT2D eigenvalue weighted by Crippen LogP contribution is 2.30. The van der Waals surface area contributed by atoms with Crippen LogP contribution in [0.4, 0.5) is 10.6 Å². The maximum atomic E-state index is 12.6. The van der Waals surface area contributed by atoms with Crippen LogP contribution in [0.3, 0.4) is 0 Å². The molecule has 0 aromatic carbocycles. The van der Waals surface area contributed by atoms with Crippen molar-refractivity contribution in [2.45, 2.75) is 71.3 Å². The zero-order valence-corrected chi connectivity index (χ0v) is 16.8. The van der Waals surface area contributed by atoms with E-state index in [9.17, 15) is 4.79 Å². The van der Waals surface area contributed by atoms with Crippen molar-refractivity contribution in [2.75, 3.05) is 31.1 Å². The summed E-state index contributed by atoms with van der Waals surface area (Å²) < 4.78 is 5.60. The lowest BCUT2D eigenvalue weighted by Crippen LogP contribution is -2.39. The lowest BCUT2D eigenvalue weighted by atomic mass is 9.97. The molecule has 0 aliphatic carbocycles. The second kappa shape index (κ2) is 7.85. The lowest BCUT2D eigenvalue weighted by Gasteiger charge is -2.29. The van der Waals surface area contributed by atoms with Crippen LogP contribution in [0.5, 0.6) is 0 Å². The summed E-state index contributed by atoms with van der Waals surface area (Å²) >= 11 is 0. The fraction of sp³-hybridized carbons (Fsp3) is 0.714. The number of pyridine rings is 1. The third kappa shape index (κ3) is 4.49. The van der Waals surface area contributed by atoms with E-state index in [1.807, 2.05) is 25.7 Å². The molecule has 1 saturated heterocycles. The fourth-order valence-electron chi connectivity index (χ4n) is 3.87. The average Bonchev–Trinajstić information content (AvgIpc) is 2.80. The number of piperidine rings is 1. The van der Waals surface area contributed by atoms with E-state index >= 15 is 0 Å². The molecule has 0 spiro atoms. The molecule has 0 bridgehead atoms. The Hall–Kier alpha value is -1.78. The Bertz CT molecular complexity index is 633. The normalized spacial score (nSPS) is 21.2. The number of rotatable bonds is 2. The molecule has 2 aliphatic heterocycles. The van der Waals surface area contributed by atoms with Crippen LogP contribution >= 0.6 is 0 Å². The second-order valence-electron chi connectivity index (χ2n) is 8.54. The molecule has 26 heavy (non-hydrogen) atoms. The number of ether oxygens (including phenoxy) is 1. The molecule has 3 rings (SSSR count). The van der Waals surface area contributed by atoms with Crippen molar-refractivity contribution in [2.24, 2.45) is 0 Å². The third-order valence-corrected chi connectivity index (χ3v) is 5.30. The van der Waals surface area contributed by atoms with E-state index < -0.39 is 5.60 Å². The minimum atomic E-state index is -0.461. The maximum absolute atomic E-state index is 12.6. The number of anilines is 1. The molecule has 1 fully saturated rings. The second-order valence-corrected chi connectivity index (χ2v) is 8.54. The number of carbonyl (C=O) groups is 1. The summed E-state index contributed by atoms with van der Waals surface area (Å²) in [5, 5.41) is 0. The Kier molecular flexibility index (Phi) is 5.73. The minimum absolute atomic E-state index is 0.208. The Balaban J connectivity index is 1.80. The summed E-state index contributed by atoms with van der Waals surface area (Å²) in [5.41, 5.74) is 2.00. The summed E-state index contributed by atoms with van der Waals surface area (Å²) in [6.45, 7) is 11.5. The van der Waals surface area contributed by atoms with Crippen molar-refractivity contribution in [1.82, 2.24) is 9.88 Å². The monoisotopic (exact) mass is 359 g/mol. The van der Waals surface area contributed by atoms with Crippen LogP contribution in [0.15, 0.2) is 12.1 Å². The van der Waals surface area contributed by atoms with E-state index in [1.54, 1.807) is 0 Å². The van der Waals surface area contributed by atoms with Gasteiger partial charge in [-0.25, -0.2) is 9.78 Å². The number of fused-ring (bicyclic) bond motifs is 1. The predicted octanol–water partition coefficient (Wildman–Crippen LogP) is 4.36. The molecular formula is C21H33N3O2. The molecular weight excluding hydrogens is 326 g/mol. The fourth-order valence-corrected chi connectivity index (χ4v) is 3.87. The molecule has 5 nitrogen and oxygen atoms in total. The Morgan fingerprint density at radius 2 is 1.92 bits per heavy atom. The zero-order chi connectivity index (χ0) is 18.7. The van der Waals surface area contributed by atoms with Gasteiger partial charge in [0.2, 0.25) is 0 Å². The number of amides is 1. The summed E-state index contributed by atoms with van der Waals surface area (Å²) in [6, 6.07) is 4.40. The highest BCUT2D eigenvalue weighted by molar-refractivity contribution is 5.68.